The number of para-hydroxylation sites is 2. The Labute approximate surface area is 182 Å². The molecule has 2 N–H and O–H groups in total. The first-order valence-corrected chi connectivity index (χ1v) is 11.4. The highest BCUT2D eigenvalue weighted by Crippen LogP contribution is 2.29. The van der Waals surface area contributed by atoms with Gasteiger partial charge >= 0.3 is 0 Å². The number of benzene rings is 3. The van der Waals surface area contributed by atoms with Crippen molar-refractivity contribution in [3.63, 3.8) is 0 Å². The summed E-state index contributed by atoms with van der Waals surface area (Å²) < 4.78 is 41.7. The Morgan fingerprint density at radius 1 is 0.871 bits per heavy atom. The summed E-state index contributed by atoms with van der Waals surface area (Å²) in [6.45, 7) is 0. The van der Waals surface area contributed by atoms with Crippen molar-refractivity contribution < 1.29 is 17.6 Å². The van der Waals surface area contributed by atoms with Crippen molar-refractivity contribution in [1.29, 1.82) is 0 Å². The van der Waals surface area contributed by atoms with Crippen LogP contribution in [0.3, 0.4) is 0 Å². The van der Waals surface area contributed by atoms with E-state index < -0.39 is 21.7 Å². The van der Waals surface area contributed by atoms with E-state index in [-0.39, 0.29) is 21.1 Å². The maximum absolute atomic E-state index is 14.0. The predicted octanol–water partition coefficient (Wildman–Crippen LogP) is 5.00. The van der Waals surface area contributed by atoms with Gasteiger partial charge in [0, 0.05) is 5.56 Å². The summed E-state index contributed by atoms with van der Waals surface area (Å²) >= 11 is 1.04. The van der Waals surface area contributed by atoms with E-state index in [0.29, 0.717) is 10.6 Å². The lowest BCUT2D eigenvalue weighted by molar-refractivity contribution is 0.103. The number of nitrogens with one attached hydrogen (secondary N) is 2. The van der Waals surface area contributed by atoms with Gasteiger partial charge in [-0.2, -0.15) is 0 Å². The summed E-state index contributed by atoms with van der Waals surface area (Å²) in [5.74, 6) is -0.907. The number of carbonyl (C=O) groups is 1. The molecule has 1 aromatic heterocycles. The molecule has 0 aliphatic rings. The van der Waals surface area contributed by atoms with Gasteiger partial charge in [-0.3, -0.25) is 9.52 Å². The molecule has 1 amide bonds. The summed E-state index contributed by atoms with van der Waals surface area (Å²) in [7, 11) is -3.83. The first kappa shape index (κ1) is 20.7. The van der Waals surface area contributed by atoms with Gasteiger partial charge in [0.1, 0.15) is 15.7 Å². The third kappa shape index (κ3) is 4.62. The molecule has 0 bridgehead atoms. The Bertz CT molecular complexity index is 1340. The molecule has 0 saturated heterocycles. The highest BCUT2D eigenvalue weighted by molar-refractivity contribution is 7.92. The lowest BCUT2D eigenvalue weighted by atomic mass is 10.2. The molecule has 0 fully saturated rings. The van der Waals surface area contributed by atoms with Gasteiger partial charge in [-0.05, 0) is 36.4 Å². The number of aromatic nitrogens is 1. The van der Waals surface area contributed by atoms with Gasteiger partial charge in [0.15, 0.2) is 0 Å². The minimum absolute atomic E-state index is 0.105. The van der Waals surface area contributed by atoms with Gasteiger partial charge < -0.3 is 5.32 Å². The summed E-state index contributed by atoms with van der Waals surface area (Å²) in [5, 5.41) is 3.07. The number of hydrogen-bond acceptors (Lipinski definition) is 5. The summed E-state index contributed by atoms with van der Waals surface area (Å²) in [5.41, 5.74) is 0.814. The largest absolute Gasteiger partial charge is 0.319 e. The molecule has 1 heterocycles. The second kappa shape index (κ2) is 8.66. The number of amides is 1. The van der Waals surface area contributed by atoms with E-state index >= 15 is 0 Å². The van der Waals surface area contributed by atoms with Crippen molar-refractivity contribution in [2.75, 3.05) is 10.0 Å². The van der Waals surface area contributed by atoms with E-state index in [0.717, 1.165) is 11.3 Å². The Morgan fingerprint density at radius 3 is 2.26 bits per heavy atom. The van der Waals surface area contributed by atoms with Crippen molar-refractivity contribution in [1.82, 2.24) is 4.98 Å². The zero-order valence-corrected chi connectivity index (χ0v) is 17.6. The molecule has 156 valence electrons. The molecule has 0 aliphatic heterocycles. The van der Waals surface area contributed by atoms with E-state index in [9.17, 15) is 17.6 Å². The Hall–Kier alpha value is -3.56. The first-order chi connectivity index (χ1) is 14.9. The molecule has 0 radical (unpaired) electrons. The van der Waals surface area contributed by atoms with E-state index in [1.807, 2.05) is 0 Å². The third-order valence-corrected chi connectivity index (χ3v) is 6.72. The van der Waals surface area contributed by atoms with Gasteiger partial charge in [-0.25, -0.2) is 17.8 Å². The Morgan fingerprint density at radius 2 is 1.52 bits per heavy atom. The van der Waals surface area contributed by atoms with Crippen LogP contribution in [0.1, 0.15) is 9.67 Å². The lowest BCUT2D eigenvalue weighted by Crippen LogP contribution is -2.16. The molecule has 0 atom stereocenters. The molecular weight excluding hydrogens is 437 g/mol. The average molecular weight is 454 g/mol. The molecule has 3 aromatic carbocycles. The topological polar surface area (TPSA) is 88.2 Å². The zero-order chi connectivity index (χ0) is 21.8. The van der Waals surface area contributed by atoms with Crippen LogP contribution >= 0.6 is 11.3 Å². The fourth-order valence-corrected chi connectivity index (χ4v) is 4.75. The van der Waals surface area contributed by atoms with Crippen LogP contribution in [-0.4, -0.2) is 19.3 Å². The third-order valence-electron chi connectivity index (χ3n) is 4.31. The van der Waals surface area contributed by atoms with Crippen molar-refractivity contribution in [2.24, 2.45) is 0 Å². The number of nitrogens with zero attached hydrogens (tertiary/aromatic N) is 1. The van der Waals surface area contributed by atoms with E-state index in [4.69, 9.17) is 0 Å². The standard InChI is InChI=1S/C22H16FN3O3S2/c23-17-11-5-4-10-16(17)22-24-14-20(30-22)21(27)25-18-12-6-7-13-19(18)26-31(28,29)15-8-2-1-3-9-15/h1-14,26H,(H,25,27). The summed E-state index contributed by atoms with van der Waals surface area (Å²) in [6.07, 6.45) is 1.36. The van der Waals surface area contributed by atoms with E-state index in [1.54, 1.807) is 60.7 Å². The second-order valence-electron chi connectivity index (χ2n) is 6.43. The van der Waals surface area contributed by atoms with Gasteiger partial charge in [-0.15, -0.1) is 11.3 Å². The maximum Gasteiger partial charge on any atom is 0.267 e. The van der Waals surface area contributed by atoms with Crippen LogP contribution in [0.2, 0.25) is 0 Å². The Kier molecular flexibility index (Phi) is 5.79. The van der Waals surface area contributed by atoms with Crippen LogP contribution in [0.25, 0.3) is 10.6 Å². The van der Waals surface area contributed by atoms with Crippen LogP contribution in [0.5, 0.6) is 0 Å². The van der Waals surface area contributed by atoms with Gasteiger partial charge in [-0.1, -0.05) is 42.5 Å². The summed E-state index contributed by atoms with van der Waals surface area (Å²) in [6, 6.07) is 20.6. The van der Waals surface area contributed by atoms with Crippen molar-refractivity contribution in [3.8, 4) is 10.6 Å². The smallest absolute Gasteiger partial charge is 0.267 e. The predicted molar refractivity (Wildman–Crippen MR) is 119 cm³/mol. The highest BCUT2D eigenvalue weighted by Gasteiger charge is 2.18. The van der Waals surface area contributed by atoms with E-state index in [1.165, 1.54) is 24.4 Å². The monoisotopic (exact) mass is 453 g/mol. The van der Waals surface area contributed by atoms with Crippen LogP contribution in [0.4, 0.5) is 15.8 Å². The van der Waals surface area contributed by atoms with Gasteiger partial charge in [0.2, 0.25) is 0 Å². The number of halogens is 1. The van der Waals surface area contributed by atoms with E-state index in [2.05, 4.69) is 15.0 Å². The molecule has 0 spiro atoms. The number of thiazole rings is 1. The molecule has 31 heavy (non-hydrogen) atoms. The number of hydrogen-bond donors (Lipinski definition) is 2. The van der Waals surface area contributed by atoms with Crippen molar-refractivity contribution >= 4 is 38.6 Å². The molecular formula is C22H16FN3O3S2. The zero-order valence-electron chi connectivity index (χ0n) is 15.9. The number of carbonyl (C=O) groups excluding carboxylic acids is 1. The highest BCUT2D eigenvalue weighted by atomic mass is 32.2. The normalized spacial score (nSPS) is 11.1. The minimum Gasteiger partial charge on any atom is -0.319 e. The molecule has 0 saturated carbocycles. The maximum atomic E-state index is 14.0. The van der Waals surface area contributed by atoms with Crippen LogP contribution < -0.4 is 10.0 Å². The number of rotatable bonds is 6. The second-order valence-corrected chi connectivity index (χ2v) is 9.14. The van der Waals surface area contributed by atoms with Crippen LogP contribution in [0, 0.1) is 5.82 Å². The molecule has 4 aromatic rings. The SMILES string of the molecule is O=C(Nc1ccccc1NS(=O)(=O)c1ccccc1)c1cnc(-c2ccccc2F)s1. The first-order valence-electron chi connectivity index (χ1n) is 9.13. The molecule has 9 heteroatoms. The Balaban J connectivity index is 1.56. The minimum atomic E-state index is -3.83. The van der Waals surface area contributed by atoms with Gasteiger partial charge in [0.25, 0.3) is 15.9 Å². The number of sulfonamides is 1. The average Bonchev–Trinajstić information content (AvgIpc) is 3.26. The van der Waals surface area contributed by atoms with Gasteiger partial charge in [0.05, 0.1) is 22.5 Å². The summed E-state index contributed by atoms with van der Waals surface area (Å²) in [4.78, 5) is 17.2. The molecule has 0 aliphatic carbocycles. The quantitative estimate of drug-likeness (QED) is 0.430. The lowest BCUT2D eigenvalue weighted by Gasteiger charge is -2.13. The number of anilines is 2. The van der Waals surface area contributed by atoms with Crippen molar-refractivity contribution in [2.45, 2.75) is 4.90 Å². The fourth-order valence-electron chi connectivity index (χ4n) is 2.81. The van der Waals surface area contributed by atoms with Crippen LogP contribution in [-0.2, 0) is 10.0 Å². The fraction of sp³-hybridized carbons (Fsp3) is 0. The van der Waals surface area contributed by atoms with Crippen molar-refractivity contribution in [3.05, 3.63) is 95.8 Å². The van der Waals surface area contributed by atoms with Crippen LogP contribution in [0.15, 0.2) is 90.0 Å². The molecule has 0 unspecified atom stereocenters. The molecule has 6 nitrogen and oxygen atoms in total. The molecule has 4 rings (SSSR count).